The Kier molecular flexibility index (Phi) is 11.5. The van der Waals surface area contributed by atoms with Crippen LogP contribution in [0.25, 0.3) is 22.0 Å². The summed E-state index contributed by atoms with van der Waals surface area (Å²) in [6.07, 6.45) is -5.56. The summed E-state index contributed by atoms with van der Waals surface area (Å²) in [4.78, 5) is 27.9. The number of aromatic amines is 1. The predicted octanol–water partition coefficient (Wildman–Crippen LogP) is 8.10. The molecule has 4 aromatic rings. The van der Waals surface area contributed by atoms with E-state index in [1.807, 2.05) is 0 Å². The number of fused-ring (bicyclic) bond motifs is 1. The van der Waals surface area contributed by atoms with Crippen molar-refractivity contribution < 1.29 is 36.6 Å². The van der Waals surface area contributed by atoms with Crippen molar-refractivity contribution in [1.82, 2.24) is 20.0 Å². The normalized spacial score (nSPS) is 12.4. The summed E-state index contributed by atoms with van der Waals surface area (Å²) in [5.74, 6) is -0.375. The highest BCUT2D eigenvalue weighted by Crippen LogP contribution is 2.40. The molecule has 1 aromatic heterocycles. The van der Waals surface area contributed by atoms with Crippen LogP contribution in [0.15, 0.2) is 72.8 Å². The number of benzene rings is 3. The molecule has 0 saturated carbocycles. The lowest BCUT2D eigenvalue weighted by molar-refractivity contribution is -0.129. The number of alkyl halides is 3. The Bertz CT molecular complexity index is 1730. The first-order valence-corrected chi connectivity index (χ1v) is 15.5. The van der Waals surface area contributed by atoms with Crippen LogP contribution in [-0.4, -0.2) is 77.6 Å². The smallest absolute Gasteiger partial charge is 0.410 e. The number of aromatic nitrogens is 2. The average molecular weight is 669 g/mol. The minimum atomic E-state index is -4.52. The average Bonchev–Trinajstić information content (AvgIpc) is 3.39. The first kappa shape index (κ1) is 36.0. The van der Waals surface area contributed by atoms with Crippen LogP contribution < -0.4 is 4.74 Å². The molecule has 0 unspecified atom stereocenters. The van der Waals surface area contributed by atoms with Crippen molar-refractivity contribution in [2.24, 2.45) is 0 Å². The Morgan fingerprint density at radius 2 is 1.54 bits per heavy atom. The second kappa shape index (κ2) is 15.4. The molecule has 3 aromatic carbocycles. The van der Waals surface area contributed by atoms with Crippen molar-refractivity contribution in [3.63, 3.8) is 0 Å². The summed E-state index contributed by atoms with van der Waals surface area (Å²) >= 11 is 0. The summed E-state index contributed by atoms with van der Waals surface area (Å²) in [7, 11) is 3.34. The van der Waals surface area contributed by atoms with Gasteiger partial charge in [-0.15, -0.1) is 5.10 Å². The van der Waals surface area contributed by atoms with Crippen LogP contribution in [0.4, 0.5) is 22.4 Å². The Morgan fingerprint density at radius 3 is 2.17 bits per heavy atom. The predicted molar refractivity (Wildman–Crippen MR) is 177 cm³/mol. The van der Waals surface area contributed by atoms with E-state index in [4.69, 9.17) is 9.47 Å². The number of hydrogen-bond acceptors (Lipinski definition) is 5. The molecule has 0 spiro atoms. The number of H-pyrrole nitrogens is 1. The van der Waals surface area contributed by atoms with Crippen LogP contribution in [0.2, 0.25) is 0 Å². The zero-order valence-electron chi connectivity index (χ0n) is 27.7. The van der Waals surface area contributed by atoms with Gasteiger partial charge in [-0.1, -0.05) is 48.5 Å². The van der Waals surface area contributed by atoms with E-state index in [0.29, 0.717) is 34.4 Å². The number of amides is 2. The molecule has 0 aliphatic heterocycles. The molecule has 0 aliphatic carbocycles. The van der Waals surface area contributed by atoms with Crippen molar-refractivity contribution in [1.29, 1.82) is 0 Å². The van der Waals surface area contributed by atoms with E-state index in [9.17, 15) is 27.2 Å². The Morgan fingerprint density at radius 1 is 0.875 bits per heavy atom. The molecule has 0 fully saturated rings. The van der Waals surface area contributed by atoms with Crippen LogP contribution in [-0.2, 0) is 9.53 Å². The van der Waals surface area contributed by atoms with E-state index in [0.717, 1.165) is 0 Å². The number of ether oxygens (including phenoxy) is 2. The summed E-state index contributed by atoms with van der Waals surface area (Å²) in [5, 5.41) is 6.33. The molecule has 8 nitrogen and oxygen atoms in total. The third-order valence-corrected chi connectivity index (χ3v) is 7.35. The molecule has 4 rings (SSSR count). The first-order valence-electron chi connectivity index (χ1n) is 15.5. The fourth-order valence-electron chi connectivity index (χ4n) is 5.08. The Balaban J connectivity index is 1.61. The lowest BCUT2D eigenvalue weighted by atomic mass is 9.87. The fraction of sp³-hybridized carbons (Fsp3) is 0.361. The van der Waals surface area contributed by atoms with Crippen LogP contribution in [0, 0.1) is 5.95 Å². The Hall–Kier alpha value is -4.87. The molecule has 48 heavy (non-hydrogen) atoms. The summed E-state index contributed by atoms with van der Waals surface area (Å²) < 4.78 is 68.0. The maximum absolute atomic E-state index is 14.5. The van der Waals surface area contributed by atoms with Gasteiger partial charge < -0.3 is 19.3 Å². The van der Waals surface area contributed by atoms with Gasteiger partial charge in [-0.3, -0.25) is 9.89 Å². The van der Waals surface area contributed by atoms with Gasteiger partial charge in [-0.25, -0.2) is 4.79 Å². The lowest BCUT2D eigenvalue weighted by Gasteiger charge is -2.27. The largest absolute Gasteiger partial charge is 0.492 e. The standard InChI is InChI=1S/C36H40F4N4O4/c1-35(2,3)48-34(46)44(19-9-12-31(45)43(4)5)20-21-47-27-16-13-25(14-17-27)32(26-15-18-30-28(22-26)33(37)42-41-30)29(23-36(38,39)40)24-10-7-6-8-11-24/h6-8,10-11,13-18,22H,9,12,19-21,23H2,1-5H3,(H,41,42)/b32-29+. The maximum Gasteiger partial charge on any atom is 0.410 e. The van der Waals surface area contributed by atoms with Crippen molar-refractivity contribution >= 4 is 34.0 Å². The summed E-state index contributed by atoms with van der Waals surface area (Å²) in [6, 6.07) is 19.6. The van der Waals surface area contributed by atoms with Gasteiger partial charge in [0.15, 0.2) is 0 Å². The van der Waals surface area contributed by atoms with Crippen molar-refractivity contribution in [2.75, 3.05) is 33.8 Å². The van der Waals surface area contributed by atoms with Crippen LogP contribution >= 0.6 is 0 Å². The van der Waals surface area contributed by atoms with E-state index in [-0.39, 0.29) is 48.6 Å². The Labute approximate surface area is 277 Å². The molecule has 256 valence electrons. The SMILES string of the molecule is CN(C)C(=O)CCCN(CCOc1ccc(/C(=C(/CC(F)(F)F)c2ccccc2)c2ccc3[nH]nc(F)c3c2)cc1)C(=O)OC(C)(C)C. The van der Waals surface area contributed by atoms with Gasteiger partial charge in [0.25, 0.3) is 0 Å². The fourth-order valence-corrected chi connectivity index (χ4v) is 5.08. The van der Waals surface area contributed by atoms with E-state index in [2.05, 4.69) is 10.2 Å². The number of nitrogens with one attached hydrogen (secondary N) is 1. The second-order valence-electron chi connectivity index (χ2n) is 12.5. The third kappa shape index (κ3) is 10.1. The number of halogens is 4. The van der Waals surface area contributed by atoms with Crippen LogP contribution in [0.3, 0.4) is 0 Å². The third-order valence-electron chi connectivity index (χ3n) is 7.35. The molecule has 1 N–H and O–H groups in total. The van der Waals surface area contributed by atoms with Gasteiger partial charge in [0.2, 0.25) is 11.9 Å². The summed E-state index contributed by atoms with van der Waals surface area (Å²) in [6.45, 7) is 5.86. The van der Waals surface area contributed by atoms with E-state index in [1.54, 1.807) is 102 Å². The van der Waals surface area contributed by atoms with Crippen molar-refractivity contribution in [2.45, 2.75) is 51.8 Å². The minimum Gasteiger partial charge on any atom is -0.492 e. The summed E-state index contributed by atoms with van der Waals surface area (Å²) in [5.41, 5.74) is 1.26. The van der Waals surface area contributed by atoms with Crippen LogP contribution in [0.5, 0.6) is 5.75 Å². The molecular weight excluding hydrogens is 628 g/mol. The molecule has 1 heterocycles. The van der Waals surface area contributed by atoms with Crippen molar-refractivity contribution in [3.05, 3.63) is 95.4 Å². The molecule has 0 saturated heterocycles. The second-order valence-corrected chi connectivity index (χ2v) is 12.5. The number of nitrogens with zero attached hydrogens (tertiary/aromatic N) is 3. The first-order chi connectivity index (χ1) is 22.6. The zero-order chi connectivity index (χ0) is 35.1. The van der Waals surface area contributed by atoms with Gasteiger partial charge in [0.05, 0.1) is 23.9 Å². The number of allylic oxidation sites excluding steroid dienone is 1. The van der Waals surface area contributed by atoms with E-state index < -0.39 is 30.2 Å². The maximum atomic E-state index is 14.5. The lowest BCUT2D eigenvalue weighted by Crippen LogP contribution is -2.40. The quantitative estimate of drug-likeness (QED) is 0.122. The highest BCUT2D eigenvalue weighted by atomic mass is 19.4. The van der Waals surface area contributed by atoms with Gasteiger partial charge in [0.1, 0.15) is 18.0 Å². The molecule has 12 heteroatoms. The van der Waals surface area contributed by atoms with Gasteiger partial charge in [-0.2, -0.15) is 17.6 Å². The molecule has 2 amide bonds. The number of rotatable bonds is 12. The molecular formula is C36H40F4N4O4. The monoisotopic (exact) mass is 668 g/mol. The minimum absolute atomic E-state index is 0.0285. The number of hydrogen-bond donors (Lipinski definition) is 1. The molecule has 0 atom stereocenters. The number of carbonyl (C=O) groups is 2. The van der Waals surface area contributed by atoms with Gasteiger partial charge in [-0.05, 0) is 79.3 Å². The van der Waals surface area contributed by atoms with Gasteiger partial charge in [0, 0.05) is 27.1 Å². The van der Waals surface area contributed by atoms with E-state index >= 15 is 0 Å². The van der Waals surface area contributed by atoms with Crippen molar-refractivity contribution in [3.8, 4) is 5.75 Å². The molecule has 0 radical (unpaired) electrons. The number of carbonyl (C=O) groups excluding carboxylic acids is 2. The molecule has 0 aliphatic rings. The zero-order valence-corrected chi connectivity index (χ0v) is 27.7. The highest BCUT2D eigenvalue weighted by Gasteiger charge is 2.32. The van der Waals surface area contributed by atoms with Gasteiger partial charge >= 0.3 is 12.3 Å². The topological polar surface area (TPSA) is 87.8 Å². The van der Waals surface area contributed by atoms with Crippen LogP contribution in [0.1, 0.15) is 56.7 Å². The van der Waals surface area contributed by atoms with E-state index in [1.165, 1.54) is 15.9 Å². The highest BCUT2D eigenvalue weighted by molar-refractivity contribution is 6.00. The molecule has 0 bridgehead atoms.